The zero-order chi connectivity index (χ0) is 14.4. The molecule has 2 rings (SSSR count). The largest absolute Gasteiger partial charge is 0.487 e. The lowest BCUT2D eigenvalue weighted by atomic mass is 10.1. The van der Waals surface area contributed by atoms with Gasteiger partial charge < -0.3 is 20.7 Å². The van der Waals surface area contributed by atoms with E-state index in [1.165, 1.54) is 12.5 Å². The highest BCUT2D eigenvalue weighted by atomic mass is 16.5. The summed E-state index contributed by atoms with van der Waals surface area (Å²) in [5.74, 6) is 0.952. The molecule has 1 aliphatic rings. The molecule has 0 saturated carbocycles. The molecule has 5 nitrogen and oxygen atoms in total. The van der Waals surface area contributed by atoms with E-state index >= 15 is 0 Å². The van der Waals surface area contributed by atoms with E-state index in [4.69, 9.17) is 4.74 Å². The molecule has 1 atom stereocenters. The van der Waals surface area contributed by atoms with Crippen LogP contribution in [0.25, 0.3) is 0 Å². The molecule has 1 aliphatic heterocycles. The molecule has 0 fully saturated rings. The van der Waals surface area contributed by atoms with Crippen LogP contribution in [0.3, 0.4) is 0 Å². The molecule has 1 amide bonds. The van der Waals surface area contributed by atoms with Gasteiger partial charge in [-0.15, -0.1) is 0 Å². The van der Waals surface area contributed by atoms with Gasteiger partial charge in [0.15, 0.2) is 0 Å². The van der Waals surface area contributed by atoms with Gasteiger partial charge in [-0.2, -0.15) is 0 Å². The first kappa shape index (κ1) is 14.7. The Hall–Kier alpha value is -1.75. The maximum atomic E-state index is 10.7. The zero-order valence-corrected chi connectivity index (χ0v) is 12.2. The number of benzene rings is 1. The van der Waals surface area contributed by atoms with Gasteiger partial charge in [0.05, 0.1) is 12.2 Å². The van der Waals surface area contributed by atoms with Gasteiger partial charge in [0.25, 0.3) is 0 Å². The SMILES string of the molecule is CC(=O)NCCNCCc1ccc2c(c1)NCC(C)O2. The highest BCUT2D eigenvalue weighted by Gasteiger charge is 2.15. The van der Waals surface area contributed by atoms with Gasteiger partial charge in [0.2, 0.25) is 5.91 Å². The maximum Gasteiger partial charge on any atom is 0.216 e. The van der Waals surface area contributed by atoms with Crippen molar-refractivity contribution in [2.24, 2.45) is 0 Å². The second-order valence-corrected chi connectivity index (χ2v) is 5.12. The van der Waals surface area contributed by atoms with Crippen LogP contribution in [-0.4, -0.2) is 38.2 Å². The Balaban J connectivity index is 1.73. The highest BCUT2D eigenvalue weighted by molar-refractivity contribution is 5.72. The number of anilines is 1. The van der Waals surface area contributed by atoms with E-state index in [0.717, 1.165) is 37.5 Å². The second-order valence-electron chi connectivity index (χ2n) is 5.12. The molecule has 0 bridgehead atoms. The summed E-state index contributed by atoms with van der Waals surface area (Å²) in [5.41, 5.74) is 2.36. The van der Waals surface area contributed by atoms with Crippen molar-refractivity contribution in [3.8, 4) is 5.75 Å². The molecule has 0 radical (unpaired) electrons. The normalized spacial score (nSPS) is 16.8. The van der Waals surface area contributed by atoms with E-state index in [9.17, 15) is 4.79 Å². The number of ether oxygens (including phenoxy) is 1. The monoisotopic (exact) mass is 277 g/mol. The third-order valence-corrected chi connectivity index (χ3v) is 3.22. The smallest absolute Gasteiger partial charge is 0.216 e. The van der Waals surface area contributed by atoms with Gasteiger partial charge in [-0.3, -0.25) is 4.79 Å². The van der Waals surface area contributed by atoms with E-state index in [1.807, 2.05) is 6.07 Å². The van der Waals surface area contributed by atoms with E-state index < -0.39 is 0 Å². The predicted molar refractivity (Wildman–Crippen MR) is 80.3 cm³/mol. The Morgan fingerprint density at radius 2 is 2.25 bits per heavy atom. The lowest BCUT2D eigenvalue weighted by Gasteiger charge is -2.25. The zero-order valence-electron chi connectivity index (χ0n) is 12.2. The number of carbonyl (C=O) groups excluding carboxylic acids is 1. The quantitative estimate of drug-likeness (QED) is 0.683. The molecule has 0 saturated heterocycles. The first-order valence-electron chi connectivity index (χ1n) is 7.14. The Morgan fingerprint density at radius 1 is 1.40 bits per heavy atom. The molecule has 110 valence electrons. The average Bonchev–Trinajstić information content (AvgIpc) is 2.42. The minimum Gasteiger partial charge on any atom is -0.487 e. The van der Waals surface area contributed by atoms with E-state index in [-0.39, 0.29) is 12.0 Å². The van der Waals surface area contributed by atoms with Crippen LogP contribution in [0.4, 0.5) is 5.69 Å². The summed E-state index contributed by atoms with van der Waals surface area (Å²) >= 11 is 0. The summed E-state index contributed by atoms with van der Waals surface area (Å²) in [4.78, 5) is 10.7. The summed E-state index contributed by atoms with van der Waals surface area (Å²) < 4.78 is 5.75. The van der Waals surface area contributed by atoms with Gasteiger partial charge in [-0.05, 0) is 37.6 Å². The van der Waals surface area contributed by atoms with Gasteiger partial charge in [-0.25, -0.2) is 0 Å². The van der Waals surface area contributed by atoms with Crippen molar-refractivity contribution < 1.29 is 9.53 Å². The van der Waals surface area contributed by atoms with Crippen molar-refractivity contribution in [2.45, 2.75) is 26.4 Å². The van der Waals surface area contributed by atoms with E-state index in [1.54, 1.807) is 0 Å². The fraction of sp³-hybridized carbons (Fsp3) is 0.533. The van der Waals surface area contributed by atoms with Crippen molar-refractivity contribution in [2.75, 3.05) is 31.5 Å². The highest BCUT2D eigenvalue weighted by Crippen LogP contribution is 2.29. The Bertz CT molecular complexity index is 462. The van der Waals surface area contributed by atoms with Crippen LogP contribution in [0.1, 0.15) is 19.4 Å². The fourth-order valence-corrected chi connectivity index (χ4v) is 2.17. The van der Waals surface area contributed by atoms with Crippen LogP contribution in [0.15, 0.2) is 18.2 Å². The number of carbonyl (C=O) groups is 1. The molecule has 20 heavy (non-hydrogen) atoms. The first-order valence-corrected chi connectivity index (χ1v) is 7.14. The summed E-state index contributed by atoms with van der Waals surface area (Å²) in [7, 11) is 0. The Labute approximate surface area is 120 Å². The molecule has 0 spiro atoms. The number of hydrogen-bond acceptors (Lipinski definition) is 4. The number of fused-ring (bicyclic) bond motifs is 1. The van der Waals surface area contributed by atoms with Gasteiger partial charge >= 0.3 is 0 Å². The molecule has 5 heteroatoms. The van der Waals surface area contributed by atoms with E-state index in [0.29, 0.717) is 6.54 Å². The van der Waals surface area contributed by atoms with Crippen LogP contribution in [0.2, 0.25) is 0 Å². The summed E-state index contributed by atoms with van der Waals surface area (Å²) in [6.45, 7) is 6.81. The third kappa shape index (κ3) is 4.42. The third-order valence-electron chi connectivity index (χ3n) is 3.22. The summed E-state index contributed by atoms with van der Waals surface area (Å²) in [6, 6.07) is 6.29. The fourth-order valence-electron chi connectivity index (χ4n) is 2.17. The number of hydrogen-bond donors (Lipinski definition) is 3. The summed E-state index contributed by atoms with van der Waals surface area (Å²) in [5, 5.41) is 9.45. The van der Waals surface area contributed by atoms with Crippen LogP contribution >= 0.6 is 0 Å². The Morgan fingerprint density at radius 3 is 3.05 bits per heavy atom. The molecular formula is C15H23N3O2. The number of nitrogens with one attached hydrogen (secondary N) is 3. The Kier molecular flexibility index (Phi) is 5.24. The van der Waals surface area contributed by atoms with Crippen LogP contribution < -0.4 is 20.7 Å². The van der Waals surface area contributed by atoms with Gasteiger partial charge in [0.1, 0.15) is 11.9 Å². The molecule has 1 aromatic rings. The lowest BCUT2D eigenvalue weighted by Crippen LogP contribution is -2.31. The molecule has 1 heterocycles. The van der Waals surface area contributed by atoms with Crippen LogP contribution in [0, 0.1) is 0 Å². The molecule has 0 aliphatic carbocycles. The van der Waals surface area contributed by atoms with Crippen molar-refractivity contribution in [3.63, 3.8) is 0 Å². The van der Waals surface area contributed by atoms with Crippen LogP contribution in [0.5, 0.6) is 5.75 Å². The minimum atomic E-state index is 0.0155. The number of rotatable bonds is 6. The average molecular weight is 277 g/mol. The van der Waals surface area contributed by atoms with Crippen molar-refractivity contribution in [1.82, 2.24) is 10.6 Å². The van der Waals surface area contributed by atoms with Crippen molar-refractivity contribution >= 4 is 11.6 Å². The molecular weight excluding hydrogens is 254 g/mol. The first-order chi connectivity index (χ1) is 9.65. The maximum absolute atomic E-state index is 10.7. The van der Waals surface area contributed by atoms with Crippen molar-refractivity contribution in [1.29, 1.82) is 0 Å². The van der Waals surface area contributed by atoms with Gasteiger partial charge in [0, 0.05) is 20.0 Å². The second kappa shape index (κ2) is 7.14. The molecule has 3 N–H and O–H groups in total. The molecule has 0 aromatic heterocycles. The molecule has 1 aromatic carbocycles. The standard InChI is InChI=1S/C15H23N3O2/c1-11-10-18-14-9-13(3-4-15(14)20-11)5-6-16-7-8-17-12(2)19/h3-4,9,11,16,18H,5-8,10H2,1-2H3,(H,17,19). The molecule has 1 unspecified atom stereocenters. The van der Waals surface area contributed by atoms with Crippen molar-refractivity contribution in [3.05, 3.63) is 23.8 Å². The topological polar surface area (TPSA) is 62.4 Å². The van der Waals surface area contributed by atoms with Gasteiger partial charge in [-0.1, -0.05) is 6.07 Å². The van der Waals surface area contributed by atoms with Crippen LogP contribution in [-0.2, 0) is 11.2 Å². The number of amides is 1. The minimum absolute atomic E-state index is 0.0155. The lowest BCUT2D eigenvalue weighted by molar-refractivity contribution is -0.118. The summed E-state index contributed by atoms with van der Waals surface area (Å²) in [6.07, 6.45) is 1.19. The van der Waals surface area contributed by atoms with E-state index in [2.05, 4.69) is 35.0 Å². The predicted octanol–water partition coefficient (Wildman–Crippen LogP) is 1.15.